The van der Waals surface area contributed by atoms with Crippen LogP contribution in [0.4, 0.5) is 0 Å². The first kappa shape index (κ1) is 24.4. The minimum absolute atomic E-state index is 0.0115. The lowest BCUT2D eigenvalue weighted by Crippen LogP contribution is -2.69. The predicted molar refractivity (Wildman–Crippen MR) is 133 cm³/mol. The average Bonchev–Trinajstić information content (AvgIpc) is 3.05. The van der Waals surface area contributed by atoms with Gasteiger partial charge in [-0.25, -0.2) is 0 Å². The topological polar surface area (TPSA) is 87.0 Å². The summed E-state index contributed by atoms with van der Waals surface area (Å²) in [7, 11) is 0. The Bertz CT molecular complexity index is 999. The second kappa shape index (κ2) is 6.74. The molecule has 5 heteroatoms. The molecule has 11 atom stereocenters. The molecular formula is C30H46O5. The third-order valence-corrected chi connectivity index (χ3v) is 13.3. The van der Waals surface area contributed by atoms with Crippen molar-refractivity contribution in [2.45, 2.75) is 118 Å². The fraction of sp³-hybridized carbons (Fsp3) is 0.900. The van der Waals surface area contributed by atoms with Crippen LogP contribution in [-0.4, -0.2) is 45.7 Å². The molecule has 5 fully saturated rings. The van der Waals surface area contributed by atoms with Crippen molar-refractivity contribution in [1.29, 1.82) is 0 Å². The second-order valence-electron chi connectivity index (χ2n) is 15.4. The predicted octanol–water partition coefficient (Wildman–Crippen LogP) is 4.63. The van der Waals surface area contributed by atoms with Gasteiger partial charge in [0.1, 0.15) is 11.5 Å². The molecule has 0 amide bonds. The lowest BCUT2D eigenvalue weighted by molar-refractivity contribution is -0.246. The highest BCUT2D eigenvalue weighted by molar-refractivity contribution is 5.82. The summed E-state index contributed by atoms with van der Waals surface area (Å²) in [5, 5.41) is 34.5. The summed E-state index contributed by atoms with van der Waals surface area (Å²) in [6.45, 7) is 15.7. The Labute approximate surface area is 210 Å². The molecule has 196 valence electrons. The van der Waals surface area contributed by atoms with Gasteiger partial charge < -0.3 is 20.1 Å². The van der Waals surface area contributed by atoms with Gasteiger partial charge in [-0.2, -0.15) is 0 Å². The zero-order valence-corrected chi connectivity index (χ0v) is 22.7. The van der Waals surface area contributed by atoms with Gasteiger partial charge in [0.15, 0.2) is 0 Å². The van der Waals surface area contributed by atoms with Crippen LogP contribution in [0.5, 0.6) is 0 Å². The van der Waals surface area contributed by atoms with Crippen molar-refractivity contribution in [3.8, 4) is 0 Å². The third kappa shape index (κ3) is 2.59. The first-order valence-electron chi connectivity index (χ1n) is 14.0. The molecule has 1 aliphatic heterocycles. The monoisotopic (exact) mass is 486 g/mol. The molecule has 6 rings (SSSR count). The number of carbonyl (C=O) groups excluding carboxylic acids is 1. The van der Waals surface area contributed by atoms with E-state index >= 15 is 0 Å². The van der Waals surface area contributed by atoms with E-state index in [0.29, 0.717) is 25.2 Å². The molecular weight excluding hydrogens is 440 g/mol. The van der Waals surface area contributed by atoms with E-state index < -0.39 is 23.7 Å². The van der Waals surface area contributed by atoms with Gasteiger partial charge in [-0.05, 0) is 77.9 Å². The van der Waals surface area contributed by atoms with Crippen molar-refractivity contribution in [2.75, 3.05) is 0 Å². The van der Waals surface area contributed by atoms with E-state index in [9.17, 15) is 20.1 Å². The maximum absolute atomic E-state index is 13.4. The van der Waals surface area contributed by atoms with Crippen molar-refractivity contribution in [2.24, 2.45) is 50.2 Å². The molecule has 1 saturated heterocycles. The number of aliphatic hydroxyl groups is 3. The number of fused-ring (bicyclic) bond motifs is 7. The van der Waals surface area contributed by atoms with E-state index in [-0.39, 0.29) is 51.0 Å². The Hall–Kier alpha value is -0.910. The highest BCUT2D eigenvalue weighted by Crippen LogP contribution is 2.76. The maximum atomic E-state index is 13.4. The minimum atomic E-state index is -0.814. The van der Waals surface area contributed by atoms with Crippen LogP contribution >= 0.6 is 0 Å². The Balaban J connectivity index is 1.49. The van der Waals surface area contributed by atoms with Gasteiger partial charge in [-0.3, -0.25) is 4.79 Å². The molecule has 1 heterocycles. The Kier molecular flexibility index (Phi) is 4.71. The van der Waals surface area contributed by atoms with Crippen LogP contribution in [-0.2, 0) is 9.53 Å². The number of rotatable bonds is 0. The van der Waals surface area contributed by atoms with Crippen LogP contribution in [0.15, 0.2) is 11.6 Å². The van der Waals surface area contributed by atoms with E-state index in [1.54, 1.807) is 0 Å². The molecule has 1 spiro atoms. The van der Waals surface area contributed by atoms with Crippen LogP contribution in [0.25, 0.3) is 0 Å². The molecule has 4 saturated carbocycles. The van der Waals surface area contributed by atoms with E-state index in [4.69, 9.17) is 4.74 Å². The van der Waals surface area contributed by atoms with Gasteiger partial charge in [-0.15, -0.1) is 0 Å². The molecule has 0 radical (unpaired) electrons. The smallest absolute Gasteiger partial charge is 0.315 e. The zero-order valence-electron chi connectivity index (χ0n) is 22.7. The molecule has 5 unspecified atom stereocenters. The quantitative estimate of drug-likeness (QED) is 0.343. The summed E-state index contributed by atoms with van der Waals surface area (Å²) in [6, 6.07) is 0. The molecule has 0 aromatic rings. The highest BCUT2D eigenvalue weighted by Gasteiger charge is 2.75. The number of allylic oxidation sites excluding steroid dienone is 2. The van der Waals surface area contributed by atoms with E-state index in [1.807, 2.05) is 0 Å². The normalized spacial score (nSPS) is 57.7. The second-order valence-corrected chi connectivity index (χ2v) is 15.4. The molecule has 0 aromatic heterocycles. The Morgan fingerprint density at radius 3 is 2.29 bits per heavy atom. The number of carbonyl (C=O) groups is 1. The Morgan fingerprint density at radius 2 is 1.60 bits per heavy atom. The van der Waals surface area contributed by atoms with Gasteiger partial charge in [0.25, 0.3) is 0 Å². The Morgan fingerprint density at radius 1 is 0.914 bits per heavy atom. The lowest BCUT2D eigenvalue weighted by atomic mass is 9.33. The molecule has 0 aromatic carbocycles. The molecule has 6 aliphatic rings. The van der Waals surface area contributed by atoms with E-state index in [0.717, 1.165) is 25.7 Å². The van der Waals surface area contributed by atoms with Crippen molar-refractivity contribution in [1.82, 2.24) is 0 Å². The van der Waals surface area contributed by atoms with Gasteiger partial charge in [-0.1, -0.05) is 60.1 Å². The first-order valence-corrected chi connectivity index (χ1v) is 14.0. The number of ether oxygens (including phenoxy) is 1. The molecule has 3 N–H and O–H groups in total. The summed E-state index contributed by atoms with van der Waals surface area (Å²) >= 11 is 0. The maximum Gasteiger partial charge on any atom is 0.315 e. The number of aliphatic hydroxyl groups excluding tert-OH is 3. The molecule has 5 nitrogen and oxygen atoms in total. The van der Waals surface area contributed by atoms with Crippen molar-refractivity contribution < 1.29 is 24.9 Å². The van der Waals surface area contributed by atoms with Gasteiger partial charge >= 0.3 is 5.97 Å². The third-order valence-electron chi connectivity index (χ3n) is 13.3. The minimum Gasteiger partial charge on any atom is -0.461 e. The van der Waals surface area contributed by atoms with Gasteiger partial charge in [0.05, 0.1) is 18.3 Å². The summed E-state index contributed by atoms with van der Waals surface area (Å²) in [5.74, 6) is 0.182. The van der Waals surface area contributed by atoms with Crippen molar-refractivity contribution >= 4 is 5.97 Å². The number of hydrogen-bond acceptors (Lipinski definition) is 5. The standard InChI is InChI=1S/C30H46O5/c1-25(2)12-17-16-8-9-19-27(5)11-10-20(32)26(3,4)23(27)18(31)13-29(19,7)28(16,6)14-21(33)30(17)15-22(25)35-24(30)34/h8,17-23,31-33H,9-15H2,1-7H3/t17?,18-,19?,20+,21-,22?,23?,27-,28-,29-,30?/m1/s1. The average molecular weight is 487 g/mol. The highest BCUT2D eigenvalue weighted by atomic mass is 16.6. The van der Waals surface area contributed by atoms with Crippen LogP contribution in [0.3, 0.4) is 0 Å². The number of hydrogen-bond donors (Lipinski definition) is 3. The summed E-state index contributed by atoms with van der Waals surface area (Å²) in [6.07, 6.45) is 6.01. The zero-order chi connectivity index (χ0) is 25.6. The summed E-state index contributed by atoms with van der Waals surface area (Å²) in [4.78, 5) is 13.4. The van der Waals surface area contributed by atoms with Gasteiger partial charge in [0, 0.05) is 11.8 Å². The molecule has 35 heavy (non-hydrogen) atoms. The molecule has 5 aliphatic carbocycles. The fourth-order valence-electron chi connectivity index (χ4n) is 11.3. The van der Waals surface area contributed by atoms with Crippen LogP contribution in [0.2, 0.25) is 0 Å². The lowest BCUT2D eigenvalue weighted by Gasteiger charge is -2.72. The summed E-state index contributed by atoms with van der Waals surface area (Å²) < 4.78 is 5.92. The van der Waals surface area contributed by atoms with Crippen LogP contribution in [0, 0.1) is 50.2 Å². The van der Waals surface area contributed by atoms with E-state index in [1.165, 1.54) is 5.57 Å². The largest absolute Gasteiger partial charge is 0.461 e. The van der Waals surface area contributed by atoms with Crippen LogP contribution < -0.4 is 0 Å². The van der Waals surface area contributed by atoms with Crippen LogP contribution in [0.1, 0.15) is 93.4 Å². The molecule has 2 bridgehead atoms. The fourth-order valence-corrected chi connectivity index (χ4v) is 11.3. The first-order chi connectivity index (χ1) is 16.1. The number of esters is 1. The van der Waals surface area contributed by atoms with Crippen molar-refractivity contribution in [3.05, 3.63) is 11.6 Å². The van der Waals surface area contributed by atoms with Gasteiger partial charge in [0.2, 0.25) is 0 Å². The van der Waals surface area contributed by atoms with Crippen molar-refractivity contribution in [3.63, 3.8) is 0 Å². The summed E-state index contributed by atoms with van der Waals surface area (Å²) in [5.41, 5.74) is -0.530. The van der Waals surface area contributed by atoms with E-state index in [2.05, 4.69) is 54.5 Å². The SMILES string of the molecule is CC1(C)CC2C3=CCC4[C@@]5(C)CC[C@H](O)C(C)(C)C5[C@H](O)C[C@@]4(C)[C@]3(C)C[C@@H](O)C23CC1OC3=O.